The highest BCUT2D eigenvalue weighted by Crippen LogP contribution is 2.52. The molecule has 5 rings (SSSR count). The third-order valence-corrected chi connectivity index (χ3v) is 7.25. The number of ether oxygens (including phenoxy) is 4. The first-order chi connectivity index (χ1) is 19.9. The molecule has 2 atom stereocenters. The summed E-state index contributed by atoms with van der Waals surface area (Å²) in [5.41, 5.74) is 3.60. The van der Waals surface area contributed by atoms with Crippen LogP contribution in [0.5, 0.6) is 23.0 Å². The predicted octanol–water partition coefficient (Wildman–Crippen LogP) is 2.66. The van der Waals surface area contributed by atoms with E-state index in [-0.39, 0.29) is 30.4 Å². The summed E-state index contributed by atoms with van der Waals surface area (Å²) >= 11 is 0. The van der Waals surface area contributed by atoms with Crippen molar-refractivity contribution >= 4 is 11.8 Å². The average Bonchev–Trinajstić information content (AvgIpc) is 3.67. The van der Waals surface area contributed by atoms with Gasteiger partial charge in [0.1, 0.15) is 11.5 Å². The Morgan fingerprint density at radius 1 is 1.02 bits per heavy atom. The van der Waals surface area contributed by atoms with Crippen LogP contribution in [0, 0.1) is 0 Å². The first-order valence-electron chi connectivity index (χ1n) is 13.9. The van der Waals surface area contributed by atoms with Gasteiger partial charge in [-0.2, -0.15) is 0 Å². The summed E-state index contributed by atoms with van der Waals surface area (Å²) in [5.74, 6) is 0.00702. The molecule has 2 aliphatic heterocycles. The number of hydrogen-bond donors (Lipinski definition) is 5. The highest BCUT2D eigenvalue weighted by molar-refractivity contribution is 5.92. The van der Waals surface area contributed by atoms with Crippen molar-refractivity contribution in [3.05, 3.63) is 47.5 Å². The summed E-state index contributed by atoms with van der Waals surface area (Å²) in [4.78, 5) is 26.4. The SMILES string of the molecule is CC(C)(O)CN.COc1ccc2c(c1)OC(C(=O)NCC(C)(C)O)CC2NC(=O)C1(c2ccc3c(c2)OC(F)(F)O3)CC1. The largest absolute Gasteiger partial charge is 0.586 e. The van der Waals surface area contributed by atoms with Gasteiger partial charge in [-0.15, -0.1) is 8.78 Å². The third kappa shape index (κ3) is 7.84. The van der Waals surface area contributed by atoms with Gasteiger partial charge in [0.2, 0.25) is 5.91 Å². The van der Waals surface area contributed by atoms with Crippen molar-refractivity contribution in [2.24, 2.45) is 5.73 Å². The van der Waals surface area contributed by atoms with Crippen molar-refractivity contribution in [3.63, 3.8) is 0 Å². The quantitative estimate of drug-likeness (QED) is 0.304. The molecule has 2 heterocycles. The first kappa shape index (κ1) is 32.2. The number of nitrogens with two attached hydrogens (primary N) is 1. The Hall–Kier alpha value is -3.68. The number of hydrogen-bond acceptors (Lipinski definition) is 9. The third-order valence-electron chi connectivity index (χ3n) is 7.25. The maximum absolute atomic E-state index is 13.6. The Morgan fingerprint density at radius 3 is 2.26 bits per heavy atom. The summed E-state index contributed by atoms with van der Waals surface area (Å²) in [6.07, 6.45) is -3.44. The van der Waals surface area contributed by atoms with Crippen LogP contribution < -0.4 is 35.3 Å². The number of aliphatic hydroxyl groups is 2. The van der Waals surface area contributed by atoms with Crippen molar-refractivity contribution in [2.45, 2.75) is 82.0 Å². The summed E-state index contributed by atoms with van der Waals surface area (Å²) in [6.45, 7) is 6.85. The first-order valence-corrected chi connectivity index (χ1v) is 13.9. The van der Waals surface area contributed by atoms with E-state index < -0.39 is 41.0 Å². The number of fused-ring (bicyclic) bond motifs is 2. The van der Waals surface area contributed by atoms with Crippen LogP contribution >= 0.6 is 0 Å². The molecule has 0 aromatic heterocycles. The van der Waals surface area contributed by atoms with Crippen LogP contribution in [-0.2, 0) is 15.0 Å². The van der Waals surface area contributed by atoms with Crippen LogP contribution in [0.15, 0.2) is 36.4 Å². The molecule has 6 N–H and O–H groups in total. The van der Waals surface area contributed by atoms with E-state index >= 15 is 0 Å². The molecule has 1 aliphatic carbocycles. The Labute approximate surface area is 248 Å². The van der Waals surface area contributed by atoms with Gasteiger partial charge in [0, 0.05) is 31.1 Å². The maximum Gasteiger partial charge on any atom is 0.586 e. The maximum atomic E-state index is 13.6. The summed E-state index contributed by atoms with van der Waals surface area (Å²) in [5, 5.41) is 24.4. The molecule has 13 heteroatoms. The standard InChI is InChI=1S/C26H28F2N2O7.C4H11NO/c1-24(2,33)13-29-22(31)21-12-17(16-6-5-15(34-3)11-19(16)35-21)30-23(32)25(8-9-25)14-4-7-18-20(10-14)37-26(27,28)36-18;1-4(2,6)3-5/h4-7,10-11,17,21,33H,8-9,12-13H2,1-3H3,(H,29,31)(H,30,32);6H,3,5H2,1-2H3. The van der Waals surface area contributed by atoms with Crippen LogP contribution in [0.1, 0.15) is 64.1 Å². The predicted molar refractivity (Wildman–Crippen MR) is 151 cm³/mol. The fourth-order valence-corrected chi connectivity index (χ4v) is 4.60. The van der Waals surface area contributed by atoms with E-state index in [1.807, 2.05) is 0 Å². The topological polar surface area (TPSA) is 162 Å². The number of alkyl halides is 2. The van der Waals surface area contributed by atoms with Gasteiger partial charge in [0.25, 0.3) is 5.91 Å². The number of halogens is 2. The molecule has 0 bridgehead atoms. The van der Waals surface area contributed by atoms with Crippen molar-refractivity contribution in [3.8, 4) is 23.0 Å². The van der Waals surface area contributed by atoms with Crippen molar-refractivity contribution in [1.29, 1.82) is 0 Å². The highest BCUT2D eigenvalue weighted by Gasteiger charge is 2.53. The van der Waals surface area contributed by atoms with Gasteiger partial charge in [-0.1, -0.05) is 6.07 Å². The zero-order chi connectivity index (χ0) is 31.8. The van der Waals surface area contributed by atoms with E-state index in [0.717, 1.165) is 0 Å². The molecule has 43 heavy (non-hydrogen) atoms. The Kier molecular flexibility index (Phi) is 8.83. The van der Waals surface area contributed by atoms with Gasteiger partial charge < -0.3 is 45.5 Å². The average molecular weight is 608 g/mol. The molecule has 11 nitrogen and oxygen atoms in total. The number of methoxy groups -OCH3 is 1. The van der Waals surface area contributed by atoms with Crippen LogP contribution in [-0.4, -0.2) is 65.8 Å². The van der Waals surface area contributed by atoms with Gasteiger partial charge in [-0.25, -0.2) is 0 Å². The zero-order valence-electron chi connectivity index (χ0n) is 24.8. The number of amides is 2. The molecular weight excluding hydrogens is 568 g/mol. The van der Waals surface area contributed by atoms with Crippen molar-refractivity contribution in [2.75, 3.05) is 20.2 Å². The Morgan fingerprint density at radius 2 is 1.67 bits per heavy atom. The normalized spacial score (nSPS) is 20.9. The molecule has 1 fully saturated rings. The smallest absolute Gasteiger partial charge is 0.497 e. The van der Waals surface area contributed by atoms with Crippen LogP contribution in [0.25, 0.3) is 0 Å². The number of carbonyl (C=O) groups excluding carboxylic acids is 2. The summed E-state index contributed by atoms with van der Waals surface area (Å²) < 4.78 is 47.2. The fourth-order valence-electron chi connectivity index (χ4n) is 4.60. The number of carbonyl (C=O) groups is 2. The molecule has 0 radical (unpaired) electrons. The van der Waals surface area contributed by atoms with Crippen molar-refractivity contribution < 1.29 is 47.5 Å². The van der Waals surface area contributed by atoms with Crippen LogP contribution in [0.4, 0.5) is 8.78 Å². The second-order valence-corrected chi connectivity index (χ2v) is 12.2. The van der Waals surface area contributed by atoms with E-state index in [4.69, 9.17) is 20.3 Å². The fraction of sp³-hybridized carbons (Fsp3) is 0.533. The molecule has 2 aromatic carbocycles. The molecule has 2 amide bonds. The molecule has 0 spiro atoms. The minimum atomic E-state index is -3.74. The molecular formula is C30H39F2N3O8. The summed E-state index contributed by atoms with van der Waals surface area (Å²) in [7, 11) is 1.51. The van der Waals surface area contributed by atoms with E-state index in [1.54, 1.807) is 52.0 Å². The lowest BCUT2D eigenvalue weighted by atomic mass is 9.91. The molecule has 0 saturated heterocycles. The number of rotatable bonds is 8. The van der Waals surface area contributed by atoms with Crippen LogP contribution in [0.3, 0.4) is 0 Å². The molecule has 2 aromatic rings. The van der Waals surface area contributed by atoms with Crippen molar-refractivity contribution in [1.82, 2.24) is 10.6 Å². The number of nitrogens with one attached hydrogen (secondary N) is 2. The van der Waals surface area contributed by atoms with E-state index in [9.17, 15) is 23.5 Å². The molecule has 236 valence electrons. The van der Waals surface area contributed by atoms with Gasteiger partial charge in [-0.3, -0.25) is 9.59 Å². The number of benzene rings is 2. The lowest BCUT2D eigenvalue weighted by Gasteiger charge is -2.33. The van der Waals surface area contributed by atoms with E-state index in [1.165, 1.54) is 19.2 Å². The lowest BCUT2D eigenvalue weighted by Crippen LogP contribution is -2.48. The van der Waals surface area contributed by atoms with E-state index in [2.05, 4.69) is 20.1 Å². The van der Waals surface area contributed by atoms with Gasteiger partial charge in [0.05, 0.1) is 29.8 Å². The monoisotopic (exact) mass is 607 g/mol. The van der Waals surface area contributed by atoms with Gasteiger partial charge >= 0.3 is 6.29 Å². The van der Waals surface area contributed by atoms with Gasteiger partial charge in [-0.05, 0) is 70.4 Å². The second kappa shape index (κ2) is 11.8. The Bertz CT molecular complexity index is 1350. The molecule has 2 unspecified atom stereocenters. The zero-order valence-corrected chi connectivity index (χ0v) is 24.8. The minimum absolute atomic E-state index is 0.0277. The van der Waals surface area contributed by atoms with E-state index in [0.29, 0.717) is 42.0 Å². The Balaban J connectivity index is 0.000000641. The van der Waals surface area contributed by atoms with Crippen LogP contribution in [0.2, 0.25) is 0 Å². The highest BCUT2D eigenvalue weighted by atomic mass is 19.3. The molecule has 3 aliphatic rings. The second-order valence-electron chi connectivity index (χ2n) is 12.2. The summed E-state index contributed by atoms with van der Waals surface area (Å²) in [6, 6.07) is 8.97. The van der Waals surface area contributed by atoms with Gasteiger partial charge in [0.15, 0.2) is 17.6 Å². The lowest BCUT2D eigenvalue weighted by molar-refractivity contribution is -0.286. The minimum Gasteiger partial charge on any atom is -0.497 e. The molecule has 1 saturated carbocycles.